The van der Waals surface area contributed by atoms with E-state index in [-0.39, 0.29) is 18.0 Å². The number of benzene rings is 2. The van der Waals surface area contributed by atoms with Crippen LogP contribution in [0.25, 0.3) is 0 Å². The number of likely N-dealkylation sites (N-methyl/N-ethyl adjacent to an activating group) is 1. The number of amides is 1. The summed E-state index contributed by atoms with van der Waals surface area (Å²) in [4.78, 5) is 12.1. The van der Waals surface area contributed by atoms with E-state index in [2.05, 4.69) is 5.32 Å². The molecular weight excluding hydrogens is 362 g/mol. The molecule has 0 aliphatic rings. The van der Waals surface area contributed by atoms with Gasteiger partial charge in [0.2, 0.25) is 15.9 Å². The first-order chi connectivity index (χ1) is 11.8. The zero-order valence-electron chi connectivity index (χ0n) is 13.4. The van der Waals surface area contributed by atoms with E-state index >= 15 is 0 Å². The van der Waals surface area contributed by atoms with Gasteiger partial charge in [0.25, 0.3) is 0 Å². The van der Waals surface area contributed by atoms with Gasteiger partial charge < -0.3 is 5.32 Å². The lowest BCUT2D eigenvalue weighted by atomic mass is 10.1. The number of carbonyl (C=O) groups excluding carboxylic acids is 1. The molecule has 0 bridgehead atoms. The molecule has 0 spiro atoms. The van der Waals surface area contributed by atoms with Crippen molar-refractivity contribution in [3.63, 3.8) is 0 Å². The van der Waals surface area contributed by atoms with Crippen LogP contribution in [-0.2, 0) is 21.4 Å². The third kappa shape index (κ3) is 5.03. The molecule has 6 nitrogen and oxygen atoms in total. The Hall–Kier alpha value is -2.40. The highest BCUT2D eigenvalue weighted by Crippen LogP contribution is 2.17. The Morgan fingerprint density at radius 3 is 2.32 bits per heavy atom. The van der Waals surface area contributed by atoms with E-state index in [9.17, 15) is 13.2 Å². The lowest BCUT2D eigenvalue weighted by Crippen LogP contribution is -2.38. The molecule has 1 N–H and O–H groups in total. The third-order valence-corrected chi connectivity index (χ3v) is 5.53. The highest BCUT2D eigenvalue weighted by Gasteiger charge is 2.22. The first kappa shape index (κ1) is 18.9. The van der Waals surface area contributed by atoms with Crippen LogP contribution in [0, 0.1) is 11.3 Å². The molecule has 2 aromatic rings. The lowest BCUT2D eigenvalue weighted by molar-refractivity contribution is -0.121. The quantitative estimate of drug-likeness (QED) is 0.835. The molecule has 2 rings (SSSR count). The summed E-state index contributed by atoms with van der Waals surface area (Å²) in [6.07, 6.45) is 0. The van der Waals surface area contributed by atoms with Crippen molar-refractivity contribution in [3.8, 4) is 6.07 Å². The van der Waals surface area contributed by atoms with Crippen molar-refractivity contribution >= 4 is 27.5 Å². The van der Waals surface area contributed by atoms with Gasteiger partial charge in [-0.05, 0) is 42.0 Å². The third-order valence-electron chi connectivity index (χ3n) is 3.46. The second-order valence-electron chi connectivity index (χ2n) is 5.30. The summed E-state index contributed by atoms with van der Waals surface area (Å²) in [6, 6.07) is 14.5. The molecule has 8 heteroatoms. The highest BCUT2D eigenvalue weighted by molar-refractivity contribution is 7.89. The van der Waals surface area contributed by atoms with E-state index in [1.165, 1.54) is 31.3 Å². The number of halogens is 1. The topological polar surface area (TPSA) is 90.3 Å². The highest BCUT2D eigenvalue weighted by atomic mass is 35.5. The average molecular weight is 378 g/mol. The fourth-order valence-electron chi connectivity index (χ4n) is 2.03. The fraction of sp³-hybridized carbons (Fsp3) is 0.176. The predicted octanol–water partition coefficient (Wildman–Crippen LogP) is 2.15. The van der Waals surface area contributed by atoms with E-state index in [1.807, 2.05) is 6.07 Å². The maximum absolute atomic E-state index is 12.4. The molecule has 0 aliphatic carbocycles. The molecule has 0 heterocycles. The number of hydrogen-bond donors (Lipinski definition) is 1. The molecule has 0 saturated carbocycles. The van der Waals surface area contributed by atoms with E-state index in [4.69, 9.17) is 16.9 Å². The van der Waals surface area contributed by atoms with E-state index < -0.39 is 15.9 Å². The van der Waals surface area contributed by atoms with Crippen molar-refractivity contribution < 1.29 is 13.2 Å². The van der Waals surface area contributed by atoms with Crippen LogP contribution in [0.2, 0.25) is 5.02 Å². The predicted molar refractivity (Wildman–Crippen MR) is 94.3 cm³/mol. The van der Waals surface area contributed by atoms with E-state index in [1.54, 1.807) is 24.3 Å². The maximum Gasteiger partial charge on any atom is 0.243 e. The Balaban J connectivity index is 1.94. The van der Waals surface area contributed by atoms with Crippen LogP contribution >= 0.6 is 11.6 Å². The van der Waals surface area contributed by atoms with Crippen LogP contribution in [0.3, 0.4) is 0 Å². The average Bonchev–Trinajstić information content (AvgIpc) is 2.60. The van der Waals surface area contributed by atoms with Gasteiger partial charge in [-0.3, -0.25) is 4.79 Å². The molecule has 25 heavy (non-hydrogen) atoms. The molecule has 1 amide bonds. The van der Waals surface area contributed by atoms with Gasteiger partial charge in [-0.25, -0.2) is 8.42 Å². The molecule has 0 fully saturated rings. The van der Waals surface area contributed by atoms with Gasteiger partial charge in [-0.1, -0.05) is 23.7 Å². The summed E-state index contributed by atoms with van der Waals surface area (Å²) in [5.41, 5.74) is 1.35. The summed E-state index contributed by atoms with van der Waals surface area (Å²) in [5, 5.41) is 11.8. The summed E-state index contributed by atoms with van der Waals surface area (Å²) in [6.45, 7) is -0.0549. The minimum absolute atomic E-state index is 0.0688. The molecule has 0 aromatic heterocycles. The molecule has 0 unspecified atom stereocenters. The second kappa shape index (κ2) is 8.12. The van der Waals surface area contributed by atoms with Crippen LogP contribution in [0.1, 0.15) is 11.1 Å². The smallest absolute Gasteiger partial charge is 0.243 e. The van der Waals surface area contributed by atoms with Crippen LogP contribution in [0.5, 0.6) is 0 Å². The van der Waals surface area contributed by atoms with Crippen molar-refractivity contribution in [2.24, 2.45) is 0 Å². The minimum atomic E-state index is -3.76. The first-order valence-electron chi connectivity index (χ1n) is 7.30. The maximum atomic E-state index is 12.4. The normalized spacial score (nSPS) is 11.1. The zero-order chi connectivity index (χ0) is 18.4. The molecular formula is C17H16ClN3O3S. The molecule has 0 atom stereocenters. The Morgan fingerprint density at radius 2 is 1.76 bits per heavy atom. The number of rotatable bonds is 6. The minimum Gasteiger partial charge on any atom is -0.351 e. The number of nitrogens with zero attached hydrogens (tertiary/aromatic N) is 2. The van der Waals surface area contributed by atoms with Gasteiger partial charge >= 0.3 is 0 Å². The molecule has 2 aromatic carbocycles. The summed E-state index contributed by atoms with van der Waals surface area (Å²) >= 11 is 5.75. The van der Waals surface area contributed by atoms with E-state index in [0.29, 0.717) is 10.6 Å². The van der Waals surface area contributed by atoms with Gasteiger partial charge in [0.1, 0.15) is 0 Å². The largest absolute Gasteiger partial charge is 0.351 e. The van der Waals surface area contributed by atoms with Crippen LogP contribution in [0.15, 0.2) is 53.4 Å². The lowest BCUT2D eigenvalue weighted by Gasteiger charge is -2.17. The van der Waals surface area contributed by atoms with Crippen LogP contribution in [0.4, 0.5) is 0 Å². The Kier molecular flexibility index (Phi) is 6.15. The van der Waals surface area contributed by atoms with Gasteiger partial charge in [-0.2, -0.15) is 9.57 Å². The van der Waals surface area contributed by atoms with Gasteiger partial charge in [0.15, 0.2) is 0 Å². The number of nitriles is 1. The fourth-order valence-corrected chi connectivity index (χ4v) is 3.28. The molecule has 130 valence electrons. The standard InChI is InChI=1S/C17H16ClN3O3S/c1-21(25(23,24)16-8-6-15(18)7-9-16)12-17(22)20-11-14-4-2-13(10-19)3-5-14/h2-9H,11-12H2,1H3,(H,20,22). The number of hydrogen-bond acceptors (Lipinski definition) is 4. The van der Waals surface area contributed by atoms with Crippen molar-refractivity contribution in [2.75, 3.05) is 13.6 Å². The number of nitrogens with one attached hydrogen (secondary N) is 1. The second-order valence-corrected chi connectivity index (χ2v) is 7.78. The molecule has 0 saturated heterocycles. The van der Waals surface area contributed by atoms with E-state index in [0.717, 1.165) is 9.87 Å². The summed E-state index contributed by atoms with van der Waals surface area (Å²) in [5.74, 6) is -0.426. The van der Waals surface area contributed by atoms with Crippen molar-refractivity contribution in [1.29, 1.82) is 5.26 Å². The Bertz CT molecular complexity index is 888. The van der Waals surface area contributed by atoms with Crippen molar-refractivity contribution in [3.05, 3.63) is 64.7 Å². The van der Waals surface area contributed by atoms with Crippen molar-refractivity contribution in [2.45, 2.75) is 11.4 Å². The summed E-state index contributed by atoms with van der Waals surface area (Å²) in [7, 11) is -2.43. The molecule has 0 aliphatic heterocycles. The number of sulfonamides is 1. The number of carbonyl (C=O) groups is 1. The SMILES string of the molecule is CN(CC(=O)NCc1ccc(C#N)cc1)S(=O)(=O)c1ccc(Cl)cc1. The Morgan fingerprint density at radius 1 is 1.16 bits per heavy atom. The molecule has 0 radical (unpaired) electrons. The van der Waals surface area contributed by atoms with Crippen LogP contribution in [-0.4, -0.2) is 32.2 Å². The Labute approximate surface area is 151 Å². The van der Waals surface area contributed by atoms with Gasteiger partial charge in [-0.15, -0.1) is 0 Å². The van der Waals surface area contributed by atoms with Gasteiger partial charge in [0, 0.05) is 18.6 Å². The monoisotopic (exact) mass is 377 g/mol. The summed E-state index contributed by atoms with van der Waals surface area (Å²) < 4.78 is 25.8. The first-order valence-corrected chi connectivity index (χ1v) is 9.12. The van der Waals surface area contributed by atoms with Gasteiger partial charge in [0.05, 0.1) is 23.1 Å². The van der Waals surface area contributed by atoms with Crippen molar-refractivity contribution in [1.82, 2.24) is 9.62 Å². The zero-order valence-corrected chi connectivity index (χ0v) is 15.0. The van der Waals surface area contributed by atoms with Crippen LogP contribution < -0.4 is 5.32 Å².